The van der Waals surface area contributed by atoms with Crippen LogP contribution in [-0.2, 0) is 13.2 Å². The Labute approximate surface area is 152 Å². The molecule has 0 saturated heterocycles. The molecule has 1 aromatic carbocycles. The highest BCUT2D eigenvalue weighted by Crippen LogP contribution is 2.27. The zero-order chi connectivity index (χ0) is 18.5. The van der Waals surface area contributed by atoms with Crippen molar-refractivity contribution in [3.63, 3.8) is 0 Å². The topological polar surface area (TPSA) is 94.2 Å². The van der Waals surface area contributed by atoms with E-state index in [0.29, 0.717) is 19.9 Å². The molecule has 7 nitrogen and oxygen atoms in total. The number of alkyl halides is 3. The van der Waals surface area contributed by atoms with Gasteiger partial charge in [-0.1, -0.05) is 0 Å². The third-order valence-corrected chi connectivity index (χ3v) is 4.35. The van der Waals surface area contributed by atoms with E-state index in [4.69, 9.17) is 5.11 Å². The Hall–Kier alpha value is -2.66. The molecule has 0 fully saturated rings. The van der Waals surface area contributed by atoms with Gasteiger partial charge in [0.05, 0.1) is 10.4 Å². The average Bonchev–Trinajstić information content (AvgIpc) is 2.93. The SMILES string of the molecule is Cn1c(C(F)(F)F)cc(=O)n(-c2ccc3snc(C(=O)O)c3c2)c1=O.[Cl-]. The average molecular weight is 407 g/mol. The molecule has 138 valence electrons. The van der Waals surface area contributed by atoms with Crippen molar-refractivity contribution in [1.29, 1.82) is 0 Å². The molecule has 0 amide bonds. The number of carboxylic acid groups (broad SMARTS) is 1. The van der Waals surface area contributed by atoms with Gasteiger partial charge in [-0.3, -0.25) is 9.36 Å². The van der Waals surface area contributed by atoms with E-state index in [0.717, 1.165) is 18.6 Å². The number of halogens is 4. The van der Waals surface area contributed by atoms with Gasteiger partial charge in [-0.15, -0.1) is 0 Å². The Balaban J connectivity index is 0.00000243. The molecule has 0 unspecified atom stereocenters. The van der Waals surface area contributed by atoms with Gasteiger partial charge in [0.25, 0.3) is 5.56 Å². The second kappa shape index (κ2) is 6.57. The van der Waals surface area contributed by atoms with Crippen molar-refractivity contribution in [2.45, 2.75) is 6.18 Å². The van der Waals surface area contributed by atoms with Crippen LogP contribution in [0.25, 0.3) is 15.8 Å². The summed E-state index contributed by atoms with van der Waals surface area (Å²) in [6.45, 7) is 0. The van der Waals surface area contributed by atoms with Crippen molar-refractivity contribution in [3.8, 4) is 5.69 Å². The van der Waals surface area contributed by atoms with Crippen LogP contribution in [0.4, 0.5) is 13.2 Å². The first-order chi connectivity index (χ1) is 11.6. The van der Waals surface area contributed by atoms with Gasteiger partial charge in [-0.05, 0) is 29.7 Å². The molecule has 12 heteroatoms. The molecule has 0 spiro atoms. The summed E-state index contributed by atoms with van der Waals surface area (Å²) in [5.74, 6) is -1.30. The van der Waals surface area contributed by atoms with Crippen LogP contribution in [0.5, 0.6) is 0 Å². The minimum absolute atomic E-state index is 0. The number of rotatable bonds is 2. The van der Waals surface area contributed by atoms with Crippen molar-refractivity contribution in [1.82, 2.24) is 13.5 Å². The third-order valence-electron chi connectivity index (χ3n) is 3.52. The molecule has 26 heavy (non-hydrogen) atoms. The lowest BCUT2D eigenvalue weighted by atomic mass is 10.2. The smallest absolute Gasteiger partial charge is 0.431 e. The van der Waals surface area contributed by atoms with Crippen LogP contribution in [0.2, 0.25) is 0 Å². The number of carbonyl (C=O) groups is 1. The zero-order valence-electron chi connectivity index (χ0n) is 12.7. The predicted octanol–water partition coefficient (Wildman–Crippen LogP) is -1.13. The maximum atomic E-state index is 12.9. The summed E-state index contributed by atoms with van der Waals surface area (Å²) < 4.78 is 43.7. The van der Waals surface area contributed by atoms with Crippen LogP contribution in [0, 0.1) is 0 Å². The molecule has 0 aliphatic rings. The number of hydrogen-bond donors (Lipinski definition) is 1. The fraction of sp³-hybridized carbons (Fsp3) is 0.143. The van der Waals surface area contributed by atoms with Gasteiger partial charge in [0.2, 0.25) is 0 Å². The van der Waals surface area contributed by atoms with Gasteiger partial charge in [0, 0.05) is 18.5 Å². The van der Waals surface area contributed by atoms with E-state index < -0.39 is 29.1 Å². The molecular formula is C14H8ClF3N3O4S-. The highest BCUT2D eigenvalue weighted by atomic mass is 35.5. The first kappa shape index (κ1) is 19.7. The summed E-state index contributed by atoms with van der Waals surface area (Å²) in [6.07, 6.45) is -4.86. The minimum atomic E-state index is -4.86. The molecule has 2 aromatic heterocycles. The minimum Gasteiger partial charge on any atom is -1.00 e. The molecule has 0 aliphatic heterocycles. The third kappa shape index (κ3) is 3.10. The van der Waals surface area contributed by atoms with E-state index in [1.807, 2.05) is 0 Å². The molecule has 2 heterocycles. The monoisotopic (exact) mass is 406 g/mol. The highest BCUT2D eigenvalue weighted by molar-refractivity contribution is 7.13. The number of benzene rings is 1. The van der Waals surface area contributed by atoms with E-state index in [2.05, 4.69) is 4.37 Å². The highest BCUT2D eigenvalue weighted by Gasteiger charge is 2.35. The Bertz CT molecular complexity index is 1130. The van der Waals surface area contributed by atoms with E-state index in [1.165, 1.54) is 18.2 Å². The Morgan fingerprint density at radius 2 is 1.88 bits per heavy atom. The van der Waals surface area contributed by atoms with Crippen molar-refractivity contribution in [2.75, 3.05) is 0 Å². The normalized spacial score (nSPS) is 11.4. The van der Waals surface area contributed by atoms with E-state index >= 15 is 0 Å². The van der Waals surface area contributed by atoms with E-state index in [9.17, 15) is 27.6 Å². The first-order valence-electron chi connectivity index (χ1n) is 6.64. The van der Waals surface area contributed by atoms with Crippen LogP contribution >= 0.6 is 11.5 Å². The van der Waals surface area contributed by atoms with Crippen LogP contribution in [-0.4, -0.2) is 24.6 Å². The number of nitrogens with zero attached hydrogens (tertiary/aromatic N) is 3. The second-order valence-corrected chi connectivity index (χ2v) is 5.86. The maximum Gasteiger partial charge on any atom is 0.431 e. The van der Waals surface area contributed by atoms with Crippen LogP contribution in [0.3, 0.4) is 0 Å². The summed E-state index contributed by atoms with van der Waals surface area (Å²) in [5.41, 5.74) is -4.05. The summed E-state index contributed by atoms with van der Waals surface area (Å²) in [5, 5.41) is 9.28. The quantitative estimate of drug-likeness (QED) is 0.581. The van der Waals surface area contributed by atoms with E-state index in [-0.39, 0.29) is 29.2 Å². The van der Waals surface area contributed by atoms with Crippen LogP contribution < -0.4 is 23.7 Å². The van der Waals surface area contributed by atoms with Gasteiger partial charge in [0.1, 0.15) is 5.69 Å². The summed E-state index contributed by atoms with van der Waals surface area (Å²) in [7, 11) is 0.897. The Kier molecular flexibility index (Phi) is 4.97. The summed E-state index contributed by atoms with van der Waals surface area (Å²) >= 11 is 0.913. The Morgan fingerprint density at radius 3 is 2.46 bits per heavy atom. The molecule has 0 aliphatic carbocycles. The van der Waals surface area contributed by atoms with Crippen molar-refractivity contribution in [3.05, 3.63) is 56.5 Å². The number of carboxylic acids is 1. The fourth-order valence-corrected chi connectivity index (χ4v) is 3.10. The second-order valence-electron chi connectivity index (χ2n) is 5.06. The molecule has 3 aromatic rings. The molecule has 0 radical (unpaired) electrons. The van der Waals surface area contributed by atoms with Crippen LogP contribution in [0.1, 0.15) is 16.2 Å². The van der Waals surface area contributed by atoms with Crippen molar-refractivity contribution >= 4 is 27.6 Å². The molecule has 0 atom stereocenters. The number of fused-ring (bicyclic) bond motifs is 1. The fourth-order valence-electron chi connectivity index (χ4n) is 2.36. The van der Waals surface area contributed by atoms with Crippen molar-refractivity contribution in [2.24, 2.45) is 7.05 Å². The lowest BCUT2D eigenvalue weighted by molar-refractivity contribution is -0.144. The molecular weight excluding hydrogens is 399 g/mol. The summed E-state index contributed by atoms with van der Waals surface area (Å²) in [4.78, 5) is 35.5. The van der Waals surface area contributed by atoms with Crippen LogP contribution in [0.15, 0.2) is 33.9 Å². The zero-order valence-corrected chi connectivity index (χ0v) is 14.3. The molecule has 0 saturated carbocycles. The number of aromatic nitrogens is 3. The molecule has 0 bridgehead atoms. The molecule has 1 N–H and O–H groups in total. The standard InChI is InChI=1S/C14H8F3N3O4S.ClH/c1-19-9(14(15,16)17)5-10(21)20(13(19)24)6-2-3-8-7(4-6)11(12(22)23)18-25-8;/h2-5H,1H3,(H,22,23);1H/p-1. The predicted molar refractivity (Wildman–Crippen MR) is 82.4 cm³/mol. The van der Waals surface area contributed by atoms with Gasteiger partial charge in [-0.25, -0.2) is 14.2 Å². The maximum absolute atomic E-state index is 12.9. The van der Waals surface area contributed by atoms with Gasteiger partial charge >= 0.3 is 17.8 Å². The summed E-state index contributed by atoms with van der Waals surface area (Å²) in [6, 6.07) is 4.33. The van der Waals surface area contributed by atoms with E-state index in [1.54, 1.807) is 0 Å². The lowest BCUT2D eigenvalue weighted by Gasteiger charge is -2.13. The first-order valence-corrected chi connectivity index (χ1v) is 7.42. The lowest BCUT2D eigenvalue weighted by Crippen LogP contribution is -3.00. The number of hydrogen-bond acceptors (Lipinski definition) is 5. The van der Waals surface area contributed by atoms with Gasteiger partial charge in [0.15, 0.2) is 5.69 Å². The Morgan fingerprint density at radius 1 is 1.23 bits per heavy atom. The largest absolute Gasteiger partial charge is 1.00 e. The van der Waals surface area contributed by atoms with Crippen molar-refractivity contribution < 1.29 is 35.5 Å². The molecule has 3 rings (SSSR count). The van der Waals surface area contributed by atoms with Gasteiger partial charge < -0.3 is 17.5 Å². The van der Waals surface area contributed by atoms with Gasteiger partial charge in [-0.2, -0.15) is 17.5 Å². The number of aromatic carboxylic acids is 1.